The average molecular weight is 279 g/mol. The molecule has 0 N–H and O–H groups in total. The van der Waals surface area contributed by atoms with E-state index in [1.165, 1.54) is 4.90 Å². The molecule has 0 radical (unpaired) electrons. The minimum atomic E-state index is -1.96. The lowest BCUT2D eigenvalue weighted by Gasteiger charge is -2.24. The smallest absolute Gasteiger partial charge is 0.279 e. The number of nitrogens with zero attached hydrogens (tertiary/aromatic N) is 1. The number of carbonyl (C=O) groups is 1. The van der Waals surface area contributed by atoms with Gasteiger partial charge in [0.1, 0.15) is 0 Å². The van der Waals surface area contributed by atoms with Gasteiger partial charge in [-0.2, -0.15) is 0 Å². The molecule has 0 aliphatic carbocycles. The summed E-state index contributed by atoms with van der Waals surface area (Å²) in [5.74, 6) is -0.594. The SMILES string of the molecule is C=CCN(C(=O)C(Cl)(Cl)Cl)c1ccccc1. The Hall–Kier alpha value is -0.700. The van der Waals surface area contributed by atoms with Crippen LogP contribution in [0.1, 0.15) is 0 Å². The van der Waals surface area contributed by atoms with E-state index in [4.69, 9.17) is 34.8 Å². The van der Waals surface area contributed by atoms with Gasteiger partial charge in [0.25, 0.3) is 9.70 Å². The lowest BCUT2D eigenvalue weighted by Crippen LogP contribution is -2.39. The van der Waals surface area contributed by atoms with E-state index in [1.807, 2.05) is 6.07 Å². The Labute approximate surface area is 109 Å². The van der Waals surface area contributed by atoms with E-state index in [9.17, 15) is 4.79 Å². The van der Waals surface area contributed by atoms with Gasteiger partial charge in [0.2, 0.25) is 0 Å². The van der Waals surface area contributed by atoms with Crippen molar-refractivity contribution in [2.75, 3.05) is 11.4 Å². The van der Waals surface area contributed by atoms with Crippen LogP contribution >= 0.6 is 34.8 Å². The number of benzene rings is 1. The Morgan fingerprint density at radius 2 is 1.88 bits per heavy atom. The summed E-state index contributed by atoms with van der Waals surface area (Å²) in [4.78, 5) is 13.2. The lowest BCUT2D eigenvalue weighted by atomic mass is 10.3. The fraction of sp³-hybridized carbons (Fsp3) is 0.182. The Morgan fingerprint density at radius 1 is 1.31 bits per heavy atom. The van der Waals surface area contributed by atoms with E-state index in [2.05, 4.69) is 6.58 Å². The van der Waals surface area contributed by atoms with Crippen LogP contribution in [0, 0.1) is 0 Å². The Balaban J connectivity index is 3.01. The van der Waals surface area contributed by atoms with Gasteiger partial charge in [-0.1, -0.05) is 59.1 Å². The summed E-state index contributed by atoms with van der Waals surface area (Å²) in [6.07, 6.45) is 1.57. The van der Waals surface area contributed by atoms with Crippen molar-refractivity contribution in [3.8, 4) is 0 Å². The molecule has 0 heterocycles. The van der Waals surface area contributed by atoms with Gasteiger partial charge in [0.05, 0.1) is 0 Å². The monoisotopic (exact) mass is 277 g/mol. The fourth-order valence-electron chi connectivity index (χ4n) is 1.20. The first kappa shape index (κ1) is 13.4. The van der Waals surface area contributed by atoms with Crippen LogP contribution in [0.3, 0.4) is 0 Å². The molecule has 1 amide bonds. The van der Waals surface area contributed by atoms with Crippen LogP contribution in [0.2, 0.25) is 0 Å². The molecule has 1 aromatic carbocycles. The summed E-state index contributed by atoms with van der Waals surface area (Å²) in [7, 11) is 0. The normalized spacial score (nSPS) is 10.9. The topological polar surface area (TPSA) is 20.3 Å². The second-order valence-corrected chi connectivity index (χ2v) is 5.32. The minimum absolute atomic E-state index is 0.288. The van der Waals surface area contributed by atoms with Gasteiger partial charge in [-0.3, -0.25) is 4.79 Å². The quantitative estimate of drug-likeness (QED) is 0.611. The fourth-order valence-corrected chi connectivity index (χ4v) is 1.50. The number of anilines is 1. The highest BCUT2D eigenvalue weighted by Gasteiger charge is 2.35. The molecule has 86 valence electrons. The molecule has 1 rings (SSSR count). The highest BCUT2D eigenvalue weighted by atomic mass is 35.6. The molecule has 0 aliphatic heterocycles. The van der Waals surface area contributed by atoms with Crippen molar-refractivity contribution in [2.45, 2.75) is 3.79 Å². The third-order valence-corrected chi connectivity index (χ3v) is 2.35. The van der Waals surface area contributed by atoms with Crippen molar-refractivity contribution < 1.29 is 4.79 Å². The zero-order valence-corrected chi connectivity index (χ0v) is 10.6. The number of alkyl halides is 3. The van der Waals surface area contributed by atoms with Gasteiger partial charge in [-0.05, 0) is 12.1 Å². The molecule has 0 spiro atoms. The molecule has 1 aromatic rings. The van der Waals surface area contributed by atoms with Gasteiger partial charge in [-0.15, -0.1) is 6.58 Å². The molecule has 5 heteroatoms. The van der Waals surface area contributed by atoms with Gasteiger partial charge in [-0.25, -0.2) is 0 Å². The molecule has 0 aromatic heterocycles. The number of rotatable bonds is 3. The van der Waals surface area contributed by atoms with Crippen LogP contribution in [-0.2, 0) is 4.79 Å². The lowest BCUT2D eigenvalue weighted by molar-refractivity contribution is -0.117. The van der Waals surface area contributed by atoms with E-state index in [1.54, 1.807) is 30.3 Å². The molecule has 0 saturated heterocycles. The molecular formula is C11H10Cl3NO. The molecule has 0 bridgehead atoms. The van der Waals surface area contributed by atoms with Crippen LogP contribution in [0.5, 0.6) is 0 Å². The highest BCUT2D eigenvalue weighted by molar-refractivity contribution is 6.77. The Morgan fingerprint density at radius 3 is 2.31 bits per heavy atom. The van der Waals surface area contributed by atoms with E-state index in [0.29, 0.717) is 5.69 Å². The molecule has 0 fully saturated rings. The maximum atomic E-state index is 11.8. The van der Waals surface area contributed by atoms with Gasteiger partial charge >= 0.3 is 0 Å². The Bertz CT molecular complexity index is 373. The van der Waals surface area contributed by atoms with E-state index in [-0.39, 0.29) is 6.54 Å². The summed E-state index contributed by atoms with van der Waals surface area (Å²) < 4.78 is -1.96. The van der Waals surface area contributed by atoms with E-state index in [0.717, 1.165) is 0 Å². The second kappa shape index (κ2) is 5.58. The zero-order chi connectivity index (χ0) is 12.2. The molecule has 0 atom stereocenters. The van der Waals surface area contributed by atoms with Crippen molar-refractivity contribution in [3.05, 3.63) is 43.0 Å². The zero-order valence-electron chi connectivity index (χ0n) is 8.37. The summed E-state index contributed by atoms with van der Waals surface area (Å²) >= 11 is 16.7. The minimum Gasteiger partial charge on any atom is -0.305 e. The summed E-state index contributed by atoms with van der Waals surface area (Å²) in [5.41, 5.74) is 0.665. The van der Waals surface area contributed by atoms with Gasteiger partial charge < -0.3 is 4.90 Å². The number of amides is 1. The molecule has 2 nitrogen and oxygen atoms in total. The summed E-state index contributed by atoms with van der Waals surface area (Å²) in [5, 5.41) is 0. The van der Waals surface area contributed by atoms with Crippen molar-refractivity contribution >= 4 is 46.4 Å². The standard InChI is InChI=1S/C11H10Cl3NO/c1-2-8-15(10(16)11(12,13)14)9-6-4-3-5-7-9/h2-7H,1,8H2. The molecule has 0 aliphatic rings. The molecule has 0 unspecified atom stereocenters. The number of hydrogen-bond acceptors (Lipinski definition) is 1. The van der Waals surface area contributed by atoms with E-state index < -0.39 is 9.70 Å². The third kappa shape index (κ3) is 3.41. The van der Waals surface area contributed by atoms with Crippen LogP contribution in [0.15, 0.2) is 43.0 Å². The van der Waals surface area contributed by atoms with Crippen LogP contribution < -0.4 is 4.90 Å². The first-order valence-electron chi connectivity index (χ1n) is 4.51. The second-order valence-electron chi connectivity index (χ2n) is 3.04. The van der Waals surface area contributed by atoms with Crippen molar-refractivity contribution in [1.29, 1.82) is 0 Å². The Kier molecular flexibility index (Phi) is 4.66. The van der Waals surface area contributed by atoms with Crippen LogP contribution in [0.25, 0.3) is 0 Å². The van der Waals surface area contributed by atoms with Crippen LogP contribution in [0.4, 0.5) is 5.69 Å². The highest BCUT2D eigenvalue weighted by Crippen LogP contribution is 2.30. The largest absolute Gasteiger partial charge is 0.305 e. The summed E-state index contributed by atoms with van der Waals surface area (Å²) in [6, 6.07) is 8.97. The summed E-state index contributed by atoms with van der Waals surface area (Å²) in [6.45, 7) is 3.86. The number of hydrogen-bond donors (Lipinski definition) is 0. The van der Waals surface area contributed by atoms with E-state index >= 15 is 0 Å². The average Bonchev–Trinajstić information content (AvgIpc) is 2.25. The molecule has 16 heavy (non-hydrogen) atoms. The molecule has 0 saturated carbocycles. The number of halogens is 3. The van der Waals surface area contributed by atoms with Crippen molar-refractivity contribution in [3.63, 3.8) is 0 Å². The molecular weight excluding hydrogens is 268 g/mol. The number of para-hydroxylation sites is 1. The van der Waals surface area contributed by atoms with Crippen LogP contribution in [-0.4, -0.2) is 16.2 Å². The predicted molar refractivity (Wildman–Crippen MR) is 69.3 cm³/mol. The maximum Gasteiger partial charge on any atom is 0.279 e. The first-order valence-corrected chi connectivity index (χ1v) is 5.65. The van der Waals surface area contributed by atoms with Gasteiger partial charge in [0.15, 0.2) is 0 Å². The third-order valence-electron chi connectivity index (χ3n) is 1.87. The van der Waals surface area contributed by atoms with Gasteiger partial charge in [0, 0.05) is 12.2 Å². The number of carbonyl (C=O) groups excluding carboxylic acids is 1. The maximum absolute atomic E-state index is 11.8. The predicted octanol–water partition coefficient (Wildman–Crippen LogP) is 3.58. The van der Waals surface area contributed by atoms with Crippen molar-refractivity contribution in [2.24, 2.45) is 0 Å². The first-order chi connectivity index (χ1) is 7.46. The van der Waals surface area contributed by atoms with Crippen molar-refractivity contribution in [1.82, 2.24) is 0 Å².